The van der Waals surface area contributed by atoms with Crippen LogP contribution in [0.2, 0.25) is 0 Å². The fourth-order valence-electron chi connectivity index (χ4n) is 3.51. The van der Waals surface area contributed by atoms with Gasteiger partial charge < -0.3 is 19.9 Å². The van der Waals surface area contributed by atoms with Crippen molar-refractivity contribution < 1.29 is 28.6 Å². The predicted molar refractivity (Wildman–Crippen MR) is 126 cm³/mol. The van der Waals surface area contributed by atoms with Gasteiger partial charge in [0, 0.05) is 5.70 Å². The molecular formula is C24H25FN2O5S. The molecule has 1 heterocycles. The Kier molecular flexibility index (Phi) is 7.65. The lowest BCUT2D eigenvalue weighted by Crippen LogP contribution is -2.48. The first-order valence-electron chi connectivity index (χ1n) is 10.4. The topological polar surface area (TPSA) is 88.1 Å². The molecule has 0 aliphatic carbocycles. The second-order valence-corrected chi connectivity index (χ2v) is 7.82. The zero-order valence-electron chi connectivity index (χ0n) is 18.6. The van der Waals surface area contributed by atoms with Crippen LogP contribution in [-0.2, 0) is 14.3 Å². The van der Waals surface area contributed by atoms with Crippen molar-refractivity contribution in [2.45, 2.75) is 33.2 Å². The summed E-state index contributed by atoms with van der Waals surface area (Å²) in [5.74, 6) is -1.31. The fraction of sp³-hybridized carbons (Fsp3) is 0.292. The van der Waals surface area contributed by atoms with Gasteiger partial charge in [0.25, 0.3) is 0 Å². The predicted octanol–water partition coefficient (Wildman–Crippen LogP) is 4.26. The summed E-state index contributed by atoms with van der Waals surface area (Å²) in [6, 6.07) is 11.1. The Morgan fingerprint density at radius 3 is 2.48 bits per heavy atom. The number of hydrogen-bond acceptors (Lipinski definition) is 5. The van der Waals surface area contributed by atoms with Gasteiger partial charge in [-0.1, -0.05) is 18.2 Å². The number of halogens is 1. The highest BCUT2D eigenvalue weighted by Crippen LogP contribution is 2.35. The van der Waals surface area contributed by atoms with Gasteiger partial charge in [0.2, 0.25) is 0 Å². The minimum Gasteiger partial charge on any atom is -0.493 e. The minimum atomic E-state index is -0.941. The number of nitrogens with one attached hydrogen (secondary N) is 1. The third-order valence-corrected chi connectivity index (χ3v) is 5.49. The van der Waals surface area contributed by atoms with Crippen molar-refractivity contribution in [3.63, 3.8) is 0 Å². The zero-order chi connectivity index (χ0) is 24.1. The Balaban J connectivity index is 1.97. The second-order valence-electron chi connectivity index (χ2n) is 7.43. The van der Waals surface area contributed by atoms with Crippen molar-refractivity contribution in [1.29, 1.82) is 0 Å². The summed E-state index contributed by atoms with van der Waals surface area (Å²) < 4.78 is 25.0. The van der Waals surface area contributed by atoms with Crippen molar-refractivity contribution in [2.75, 3.05) is 18.1 Å². The Labute approximate surface area is 196 Å². The Morgan fingerprint density at radius 2 is 1.88 bits per heavy atom. The molecule has 174 valence electrons. The molecule has 0 amide bonds. The number of aliphatic carboxylic acids is 1. The number of hydrogen-bond donors (Lipinski definition) is 2. The third kappa shape index (κ3) is 5.48. The second kappa shape index (κ2) is 10.4. The molecule has 1 aliphatic rings. The number of anilines is 1. The molecule has 2 aromatic carbocycles. The largest absolute Gasteiger partial charge is 0.493 e. The molecule has 0 aromatic heterocycles. The van der Waals surface area contributed by atoms with Crippen LogP contribution in [0.1, 0.15) is 37.4 Å². The highest BCUT2D eigenvalue weighted by atomic mass is 32.1. The third-order valence-electron chi connectivity index (χ3n) is 5.19. The molecule has 1 aliphatic heterocycles. The maximum absolute atomic E-state index is 14.2. The molecule has 2 N–H and O–H groups in total. The highest BCUT2D eigenvalue weighted by molar-refractivity contribution is 7.80. The summed E-state index contributed by atoms with van der Waals surface area (Å²) >= 11 is 5.58. The first kappa shape index (κ1) is 24.2. The van der Waals surface area contributed by atoms with Gasteiger partial charge in [-0.3, -0.25) is 9.69 Å². The van der Waals surface area contributed by atoms with E-state index >= 15 is 0 Å². The number of carbonyl (C=O) groups is 2. The van der Waals surface area contributed by atoms with Gasteiger partial charge >= 0.3 is 11.9 Å². The van der Waals surface area contributed by atoms with Crippen LogP contribution in [0.3, 0.4) is 0 Å². The van der Waals surface area contributed by atoms with Crippen LogP contribution >= 0.6 is 12.2 Å². The van der Waals surface area contributed by atoms with E-state index in [4.69, 9.17) is 26.8 Å². The van der Waals surface area contributed by atoms with Crippen molar-refractivity contribution in [3.8, 4) is 5.75 Å². The average Bonchev–Trinajstić information content (AvgIpc) is 2.76. The molecule has 0 saturated heterocycles. The van der Waals surface area contributed by atoms with Crippen LogP contribution in [0.4, 0.5) is 10.1 Å². The van der Waals surface area contributed by atoms with Gasteiger partial charge in [0.15, 0.2) is 5.11 Å². The molecule has 2 aromatic rings. The molecule has 0 fully saturated rings. The molecule has 7 nitrogen and oxygen atoms in total. The summed E-state index contributed by atoms with van der Waals surface area (Å²) in [6.45, 7) is 5.38. The molecule has 0 spiro atoms. The van der Waals surface area contributed by atoms with Gasteiger partial charge in [-0.15, -0.1) is 0 Å². The number of allylic oxidation sites excluding steroid dienone is 1. The number of rotatable bonds is 8. The van der Waals surface area contributed by atoms with E-state index < -0.39 is 18.0 Å². The zero-order valence-corrected chi connectivity index (χ0v) is 19.4. The summed E-state index contributed by atoms with van der Waals surface area (Å²) in [5.41, 5.74) is 2.62. The fourth-order valence-corrected chi connectivity index (χ4v) is 3.87. The summed E-state index contributed by atoms with van der Waals surface area (Å²) in [5, 5.41) is 12.2. The van der Waals surface area contributed by atoms with Gasteiger partial charge in [0.05, 0.1) is 36.9 Å². The maximum Gasteiger partial charge on any atom is 0.338 e. The van der Waals surface area contributed by atoms with Crippen LogP contribution in [0.15, 0.2) is 53.7 Å². The first-order valence-corrected chi connectivity index (χ1v) is 10.8. The van der Waals surface area contributed by atoms with E-state index in [1.165, 1.54) is 6.07 Å². The Bertz CT molecular complexity index is 1100. The van der Waals surface area contributed by atoms with Crippen molar-refractivity contribution in [1.82, 2.24) is 5.32 Å². The number of carbonyl (C=O) groups excluding carboxylic acids is 1. The van der Waals surface area contributed by atoms with Gasteiger partial charge in [-0.05, 0) is 68.4 Å². The molecule has 0 radical (unpaired) electrons. The van der Waals surface area contributed by atoms with Crippen molar-refractivity contribution in [2.24, 2.45) is 0 Å². The van der Waals surface area contributed by atoms with Crippen molar-refractivity contribution in [3.05, 3.63) is 70.7 Å². The monoisotopic (exact) mass is 472 g/mol. The number of benzene rings is 2. The van der Waals surface area contributed by atoms with E-state index in [0.29, 0.717) is 33.4 Å². The quantitative estimate of drug-likeness (QED) is 0.435. The number of nitrogens with zero attached hydrogens (tertiary/aromatic N) is 1. The smallest absolute Gasteiger partial charge is 0.338 e. The van der Waals surface area contributed by atoms with E-state index in [0.717, 1.165) is 5.56 Å². The highest BCUT2D eigenvalue weighted by Gasteiger charge is 2.35. The standard InChI is InChI=1S/C24H25FN2O5S/c1-4-31-23(30)21-15(3)27(17-8-5-14(2)19(25)13-17)24(33)26-22(21)16-6-9-18(10-7-16)32-12-11-20(28)29/h5-10,13,22H,4,11-12H2,1-3H3,(H,26,33)(H,28,29)/t22-/m0/s1. The number of ether oxygens (including phenoxy) is 2. The Morgan fingerprint density at radius 1 is 1.18 bits per heavy atom. The van der Waals surface area contributed by atoms with Crippen LogP contribution in [0.5, 0.6) is 5.75 Å². The SMILES string of the molecule is CCOC(=O)C1=C(C)N(c2ccc(C)c(F)c2)C(=S)N[C@H]1c1ccc(OCCC(=O)O)cc1. The van der Waals surface area contributed by atoms with Crippen LogP contribution in [0, 0.1) is 12.7 Å². The lowest BCUT2D eigenvalue weighted by atomic mass is 9.94. The molecule has 3 rings (SSSR count). The summed E-state index contributed by atoms with van der Waals surface area (Å²) in [4.78, 5) is 25.2. The van der Waals surface area contributed by atoms with E-state index in [9.17, 15) is 14.0 Å². The molecular weight excluding hydrogens is 447 g/mol. The number of carboxylic acids is 1. The van der Waals surface area contributed by atoms with E-state index in [-0.39, 0.29) is 25.5 Å². The van der Waals surface area contributed by atoms with Gasteiger partial charge in [-0.25, -0.2) is 9.18 Å². The van der Waals surface area contributed by atoms with Crippen LogP contribution in [0.25, 0.3) is 0 Å². The van der Waals surface area contributed by atoms with Crippen LogP contribution in [-0.4, -0.2) is 35.4 Å². The molecule has 0 unspecified atom stereocenters. The van der Waals surface area contributed by atoms with E-state index in [2.05, 4.69) is 5.32 Å². The normalized spacial score (nSPS) is 15.8. The molecule has 0 saturated carbocycles. The maximum atomic E-state index is 14.2. The lowest BCUT2D eigenvalue weighted by Gasteiger charge is -2.37. The number of esters is 1. The minimum absolute atomic E-state index is 0.0512. The van der Waals surface area contributed by atoms with Crippen LogP contribution < -0.4 is 15.0 Å². The number of thiocarbonyl (C=S) groups is 1. The van der Waals surface area contributed by atoms with E-state index in [1.54, 1.807) is 62.1 Å². The number of aryl methyl sites for hydroxylation is 1. The van der Waals surface area contributed by atoms with Gasteiger partial charge in [0.1, 0.15) is 11.6 Å². The molecule has 0 bridgehead atoms. The molecule has 33 heavy (non-hydrogen) atoms. The average molecular weight is 473 g/mol. The van der Waals surface area contributed by atoms with Gasteiger partial charge in [-0.2, -0.15) is 0 Å². The number of carboxylic acid groups (broad SMARTS) is 1. The van der Waals surface area contributed by atoms with E-state index in [1.807, 2.05) is 0 Å². The summed E-state index contributed by atoms with van der Waals surface area (Å²) in [7, 11) is 0. The lowest BCUT2D eigenvalue weighted by molar-refractivity contribution is -0.139. The first-order chi connectivity index (χ1) is 15.7. The summed E-state index contributed by atoms with van der Waals surface area (Å²) in [6.07, 6.45) is -0.107. The molecule has 1 atom stereocenters. The van der Waals surface area contributed by atoms with Crippen molar-refractivity contribution >= 4 is 35.0 Å². The molecule has 9 heteroatoms. The Hall–Kier alpha value is -3.46.